The minimum atomic E-state index is 0.0215. The van der Waals surface area contributed by atoms with Crippen LogP contribution in [0.15, 0.2) is 24.3 Å². The van der Waals surface area contributed by atoms with Crippen LogP contribution in [0.5, 0.6) is 17.2 Å². The van der Waals surface area contributed by atoms with Crippen molar-refractivity contribution in [3.8, 4) is 17.2 Å². The van der Waals surface area contributed by atoms with Crippen molar-refractivity contribution in [2.45, 2.75) is 20.3 Å². The van der Waals surface area contributed by atoms with Gasteiger partial charge in [0.1, 0.15) is 5.75 Å². The number of phenols is 2. The summed E-state index contributed by atoms with van der Waals surface area (Å²) < 4.78 is 5.15. The summed E-state index contributed by atoms with van der Waals surface area (Å²) in [7, 11) is 1.51. The highest BCUT2D eigenvalue weighted by molar-refractivity contribution is 5.80. The van der Waals surface area contributed by atoms with Crippen LogP contribution in [-0.2, 0) is 6.42 Å². The lowest BCUT2D eigenvalue weighted by molar-refractivity contribution is 0.112. The largest absolute Gasteiger partial charge is 0.507 e. The number of aromatic hydroxyl groups is 2. The van der Waals surface area contributed by atoms with Gasteiger partial charge in [0.25, 0.3) is 0 Å². The monoisotopic (exact) mass is 286 g/mol. The molecule has 0 unspecified atom stereocenters. The Morgan fingerprint density at radius 2 is 1.57 bits per heavy atom. The van der Waals surface area contributed by atoms with Gasteiger partial charge in [-0.3, -0.25) is 4.79 Å². The van der Waals surface area contributed by atoms with Gasteiger partial charge in [0.2, 0.25) is 0 Å². The smallest absolute Gasteiger partial charge is 0.161 e. The number of hydrogen-bond acceptors (Lipinski definition) is 4. The topological polar surface area (TPSA) is 66.8 Å². The minimum Gasteiger partial charge on any atom is -0.507 e. The summed E-state index contributed by atoms with van der Waals surface area (Å²) in [6.07, 6.45) is 1.23. The molecule has 0 aliphatic carbocycles. The van der Waals surface area contributed by atoms with E-state index in [4.69, 9.17) is 4.74 Å². The highest BCUT2D eigenvalue weighted by Crippen LogP contribution is 2.32. The summed E-state index contributed by atoms with van der Waals surface area (Å²) in [5.74, 6) is 0.584. The molecule has 2 N–H and O–H groups in total. The summed E-state index contributed by atoms with van der Waals surface area (Å²) >= 11 is 0. The van der Waals surface area contributed by atoms with Gasteiger partial charge in [0, 0.05) is 0 Å². The molecular formula is C17H18O4. The number of carbonyl (C=O) groups excluding carboxylic acids is 1. The second-order valence-corrected chi connectivity index (χ2v) is 5.11. The van der Waals surface area contributed by atoms with E-state index in [-0.39, 0.29) is 17.1 Å². The second-order valence-electron chi connectivity index (χ2n) is 5.11. The molecule has 0 atom stereocenters. The van der Waals surface area contributed by atoms with Gasteiger partial charge in [-0.05, 0) is 54.7 Å². The van der Waals surface area contributed by atoms with Crippen molar-refractivity contribution in [2.75, 3.05) is 7.11 Å². The molecule has 0 bridgehead atoms. The van der Waals surface area contributed by atoms with Gasteiger partial charge in [-0.15, -0.1) is 0 Å². The molecule has 0 saturated heterocycles. The highest BCUT2D eigenvalue weighted by Gasteiger charge is 2.10. The molecule has 4 heteroatoms. The Labute approximate surface area is 123 Å². The molecule has 2 rings (SSSR count). The van der Waals surface area contributed by atoms with Crippen molar-refractivity contribution in [1.29, 1.82) is 0 Å². The van der Waals surface area contributed by atoms with Gasteiger partial charge < -0.3 is 14.9 Å². The molecule has 2 aromatic rings. The molecule has 2 aromatic carbocycles. The Morgan fingerprint density at radius 1 is 1.00 bits per heavy atom. The van der Waals surface area contributed by atoms with E-state index < -0.39 is 0 Å². The van der Waals surface area contributed by atoms with Gasteiger partial charge in [0.15, 0.2) is 17.8 Å². The SMILES string of the molecule is COc1cc(Cc2cc(C)c(O)c(C=O)c2)cc(C)c1O. The third-order valence-electron chi connectivity index (χ3n) is 3.47. The Balaban J connectivity index is 2.41. The molecule has 0 aromatic heterocycles. The van der Waals surface area contributed by atoms with E-state index in [1.54, 1.807) is 26.0 Å². The van der Waals surface area contributed by atoms with Crippen LogP contribution in [0.2, 0.25) is 0 Å². The van der Waals surface area contributed by atoms with Gasteiger partial charge in [-0.25, -0.2) is 0 Å². The van der Waals surface area contributed by atoms with Crippen LogP contribution in [0, 0.1) is 13.8 Å². The van der Waals surface area contributed by atoms with Crippen LogP contribution in [0.1, 0.15) is 32.6 Å². The molecule has 0 spiro atoms. The zero-order chi connectivity index (χ0) is 15.6. The normalized spacial score (nSPS) is 10.4. The van der Waals surface area contributed by atoms with Crippen LogP contribution < -0.4 is 4.74 Å². The Hall–Kier alpha value is -2.49. The Morgan fingerprint density at radius 3 is 2.14 bits per heavy atom. The van der Waals surface area contributed by atoms with Gasteiger partial charge in [-0.1, -0.05) is 12.1 Å². The van der Waals surface area contributed by atoms with Crippen LogP contribution in [-0.4, -0.2) is 23.6 Å². The molecule has 110 valence electrons. The Bertz CT molecular complexity index is 690. The van der Waals surface area contributed by atoms with Crippen LogP contribution in [0.4, 0.5) is 0 Å². The highest BCUT2D eigenvalue weighted by atomic mass is 16.5. The van der Waals surface area contributed by atoms with Crippen molar-refractivity contribution < 1.29 is 19.7 Å². The third-order valence-corrected chi connectivity index (χ3v) is 3.47. The minimum absolute atomic E-state index is 0.0215. The van der Waals surface area contributed by atoms with Crippen LogP contribution in [0.3, 0.4) is 0 Å². The molecular weight excluding hydrogens is 268 g/mol. The van der Waals surface area contributed by atoms with Crippen molar-refractivity contribution in [3.05, 3.63) is 52.1 Å². The van der Waals surface area contributed by atoms with Crippen molar-refractivity contribution in [2.24, 2.45) is 0 Å². The first-order chi connectivity index (χ1) is 9.96. The van der Waals surface area contributed by atoms with Gasteiger partial charge >= 0.3 is 0 Å². The number of aryl methyl sites for hydroxylation is 2. The number of aldehydes is 1. The number of ether oxygens (including phenoxy) is 1. The summed E-state index contributed by atoms with van der Waals surface area (Å²) in [6, 6.07) is 7.16. The summed E-state index contributed by atoms with van der Waals surface area (Å²) in [5, 5.41) is 19.6. The zero-order valence-electron chi connectivity index (χ0n) is 12.3. The van der Waals surface area contributed by atoms with E-state index in [1.807, 2.05) is 12.1 Å². The number of phenolic OH excluding ortho intramolecular Hbond substituents is 2. The van der Waals surface area contributed by atoms with E-state index in [9.17, 15) is 15.0 Å². The number of benzene rings is 2. The fraction of sp³-hybridized carbons (Fsp3) is 0.235. The Kier molecular flexibility index (Phi) is 4.17. The van der Waals surface area contributed by atoms with Crippen molar-refractivity contribution in [3.63, 3.8) is 0 Å². The third kappa shape index (κ3) is 2.99. The van der Waals surface area contributed by atoms with Crippen LogP contribution >= 0.6 is 0 Å². The molecule has 0 fully saturated rings. The maximum absolute atomic E-state index is 11.0. The predicted molar refractivity (Wildman–Crippen MR) is 80.4 cm³/mol. The standard InChI is InChI=1S/C17H18O4/c1-10-4-12(7-14(9-18)16(10)19)6-13-5-11(2)17(20)15(8-13)21-3/h4-5,7-9,19-20H,6H2,1-3H3. The second kappa shape index (κ2) is 5.87. The number of carbonyl (C=O) groups is 1. The van der Waals surface area contributed by atoms with Gasteiger partial charge in [-0.2, -0.15) is 0 Å². The van der Waals surface area contributed by atoms with Crippen LogP contribution in [0.25, 0.3) is 0 Å². The maximum atomic E-state index is 11.0. The maximum Gasteiger partial charge on any atom is 0.161 e. The predicted octanol–water partition coefficient (Wildman–Crippen LogP) is 3.13. The van der Waals surface area contributed by atoms with E-state index >= 15 is 0 Å². The summed E-state index contributed by atoms with van der Waals surface area (Å²) in [4.78, 5) is 11.0. The lowest BCUT2D eigenvalue weighted by Crippen LogP contribution is -1.95. The van der Waals surface area contributed by atoms with E-state index in [0.717, 1.165) is 16.7 Å². The van der Waals surface area contributed by atoms with Crippen molar-refractivity contribution >= 4 is 6.29 Å². The molecule has 0 amide bonds. The quantitative estimate of drug-likeness (QED) is 0.847. The van der Waals surface area contributed by atoms with E-state index in [2.05, 4.69) is 0 Å². The lowest BCUT2D eigenvalue weighted by atomic mass is 9.98. The fourth-order valence-corrected chi connectivity index (χ4v) is 2.39. The first kappa shape index (κ1) is 14.9. The molecule has 4 nitrogen and oxygen atoms in total. The first-order valence-corrected chi connectivity index (χ1v) is 6.60. The number of methoxy groups -OCH3 is 1. The molecule has 0 radical (unpaired) electrons. The lowest BCUT2D eigenvalue weighted by Gasteiger charge is -2.11. The van der Waals surface area contributed by atoms with Crippen molar-refractivity contribution in [1.82, 2.24) is 0 Å². The molecule has 0 aliphatic rings. The molecule has 21 heavy (non-hydrogen) atoms. The fourth-order valence-electron chi connectivity index (χ4n) is 2.39. The summed E-state index contributed by atoms with van der Waals surface area (Å²) in [6.45, 7) is 3.56. The average Bonchev–Trinajstić information content (AvgIpc) is 2.46. The van der Waals surface area contributed by atoms with E-state index in [1.165, 1.54) is 7.11 Å². The van der Waals surface area contributed by atoms with E-state index in [0.29, 0.717) is 24.0 Å². The van der Waals surface area contributed by atoms with Gasteiger partial charge in [0.05, 0.1) is 12.7 Å². The summed E-state index contributed by atoms with van der Waals surface area (Å²) in [5.41, 5.74) is 3.56. The first-order valence-electron chi connectivity index (χ1n) is 6.60. The molecule has 0 saturated carbocycles. The molecule has 0 heterocycles. The number of hydrogen-bond donors (Lipinski definition) is 2. The molecule has 0 aliphatic heterocycles. The number of rotatable bonds is 4. The average molecular weight is 286 g/mol. The zero-order valence-corrected chi connectivity index (χ0v) is 12.3.